The summed E-state index contributed by atoms with van der Waals surface area (Å²) in [5.74, 6) is 1.78. The lowest BCUT2D eigenvalue weighted by Gasteiger charge is -2.46. The van der Waals surface area contributed by atoms with Crippen molar-refractivity contribution >= 4 is 5.91 Å². The number of hydrogen-bond acceptors (Lipinski definition) is 6. The van der Waals surface area contributed by atoms with Crippen LogP contribution in [0, 0.1) is 5.92 Å². The molecular formula is C23H27N5O3. The minimum Gasteiger partial charge on any atom is -0.375 e. The molecule has 8 heteroatoms. The number of aryl methyl sites for hydroxylation is 1. The largest absolute Gasteiger partial charge is 0.375 e. The Kier molecular flexibility index (Phi) is 5.31. The van der Waals surface area contributed by atoms with Gasteiger partial charge in [0.25, 0.3) is 5.91 Å². The van der Waals surface area contributed by atoms with E-state index in [0.717, 1.165) is 63.1 Å². The Bertz CT molecular complexity index is 1040. The first-order valence-electron chi connectivity index (χ1n) is 10.9. The van der Waals surface area contributed by atoms with E-state index in [1.54, 1.807) is 12.4 Å². The molecule has 2 aliphatic heterocycles. The summed E-state index contributed by atoms with van der Waals surface area (Å²) in [6.07, 6.45) is 9.80. The first-order chi connectivity index (χ1) is 15.1. The van der Waals surface area contributed by atoms with Gasteiger partial charge in [0.2, 0.25) is 11.7 Å². The number of nitrogens with zero attached hydrogens (tertiary/aromatic N) is 5. The first-order valence-corrected chi connectivity index (χ1v) is 10.9. The summed E-state index contributed by atoms with van der Waals surface area (Å²) in [5.41, 5.74) is 1.44. The van der Waals surface area contributed by atoms with Crippen molar-refractivity contribution in [3.05, 3.63) is 54.4 Å². The van der Waals surface area contributed by atoms with E-state index >= 15 is 0 Å². The maximum atomic E-state index is 12.8. The second-order valence-electron chi connectivity index (χ2n) is 8.64. The van der Waals surface area contributed by atoms with Crippen LogP contribution in [0.4, 0.5) is 0 Å². The number of pyridine rings is 1. The number of rotatable bonds is 4. The SMILES string of the molecule is Cn1cccc1C(=O)N1CCC2(CC1)CC(Cc1nc(-c3cccnc3)no1)CCO2. The maximum Gasteiger partial charge on any atom is 0.270 e. The zero-order valence-electron chi connectivity index (χ0n) is 17.7. The molecule has 5 heterocycles. The molecule has 5 rings (SSSR count). The fourth-order valence-electron chi connectivity index (χ4n) is 4.81. The lowest BCUT2D eigenvalue weighted by molar-refractivity contribution is -0.124. The van der Waals surface area contributed by atoms with Crippen LogP contribution in [0.5, 0.6) is 0 Å². The van der Waals surface area contributed by atoms with Crippen molar-refractivity contribution in [1.82, 2.24) is 24.6 Å². The van der Waals surface area contributed by atoms with Crippen LogP contribution in [0.2, 0.25) is 0 Å². The van der Waals surface area contributed by atoms with Gasteiger partial charge in [-0.15, -0.1) is 0 Å². The third-order valence-electron chi connectivity index (χ3n) is 6.57. The summed E-state index contributed by atoms with van der Waals surface area (Å²) >= 11 is 0. The number of carbonyl (C=O) groups is 1. The number of piperidine rings is 1. The lowest BCUT2D eigenvalue weighted by atomic mass is 9.78. The van der Waals surface area contributed by atoms with Crippen molar-refractivity contribution in [3.63, 3.8) is 0 Å². The fraction of sp³-hybridized carbons (Fsp3) is 0.478. The number of likely N-dealkylation sites (tertiary alicyclic amines) is 1. The van der Waals surface area contributed by atoms with Crippen LogP contribution in [0.3, 0.4) is 0 Å². The van der Waals surface area contributed by atoms with Crippen LogP contribution in [0.25, 0.3) is 11.4 Å². The van der Waals surface area contributed by atoms with Crippen LogP contribution in [-0.2, 0) is 18.2 Å². The molecule has 31 heavy (non-hydrogen) atoms. The molecule has 1 amide bonds. The molecule has 0 aromatic carbocycles. The molecule has 3 aromatic rings. The van der Waals surface area contributed by atoms with E-state index in [-0.39, 0.29) is 11.5 Å². The summed E-state index contributed by atoms with van der Waals surface area (Å²) in [6, 6.07) is 7.58. The molecule has 1 unspecified atom stereocenters. The van der Waals surface area contributed by atoms with E-state index < -0.39 is 0 Å². The first kappa shape index (κ1) is 19.9. The average Bonchev–Trinajstić information content (AvgIpc) is 3.44. The molecule has 0 saturated carbocycles. The molecule has 0 aliphatic carbocycles. The molecule has 1 spiro atoms. The molecule has 0 radical (unpaired) electrons. The second-order valence-corrected chi connectivity index (χ2v) is 8.64. The highest BCUT2D eigenvalue weighted by atomic mass is 16.5. The van der Waals surface area contributed by atoms with Crippen LogP contribution in [0.15, 0.2) is 47.4 Å². The number of aromatic nitrogens is 4. The molecule has 3 aromatic heterocycles. The van der Waals surface area contributed by atoms with Crippen molar-refractivity contribution in [1.29, 1.82) is 0 Å². The number of ether oxygens (including phenoxy) is 1. The van der Waals surface area contributed by atoms with Gasteiger partial charge in [-0.1, -0.05) is 5.16 Å². The van der Waals surface area contributed by atoms with Gasteiger partial charge >= 0.3 is 0 Å². The predicted molar refractivity (Wildman–Crippen MR) is 113 cm³/mol. The maximum absolute atomic E-state index is 12.8. The Hall–Kier alpha value is -3.00. The summed E-state index contributed by atoms with van der Waals surface area (Å²) in [5, 5.41) is 4.11. The van der Waals surface area contributed by atoms with Gasteiger partial charge in [-0.25, -0.2) is 0 Å². The van der Waals surface area contributed by atoms with Crippen molar-refractivity contribution in [2.24, 2.45) is 13.0 Å². The van der Waals surface area contributed by atoms with Gasteiger partial charge in [-0.2, -0.15) is 4.98 Å². The topological polar surface area (TPSA) is 86.3 Å². The molecule has 0 N–H and O–H groups in total. The van der Waals surface area contributed by atoms with Gasteiger partial charge in [0.05, 0.1) is 5.60 Å². The molecule has 8 nitrogen and oxygen atoms in total. The van der Waals surface area contributed by atoms with Gasteiger partial charge < -0.3 is 18.7 Å². The Morgan fingerprint density at radius 2 is 2.13 bits per heavy atom. The smallest absolute Gasteiger partial charge is 0.270 e. The summed E-state index contributed by atoms with van der Waals surface area (Å²) in [4.78, 5) is 23.4. The highest BCUT2D eigenvalue weighted by Gasteiger charge is 2.41. The van der Waals surface area contributed by atoms with Crippen LogP contribution in [-0.4, -0.2) is 55.8 Å². The minimum atomic E-state index is -0.153. The average molecular weight is 422 g/mol. The second kappa shape index (κ2) is 8.26. The fourth-order valence-corrected chi connectivity index (χ4v) is 4.81. The van der Waals surface area contributed by atoms with Gasteiger partial charge in [-0.3, -0.25) is 9.78 Å². The Labute approximate surface area is 181 Å². The van der Waals surface area contributed by atoms with Gasteiger partial charge in [-0.05, 0) is 55.9 Å². The van der Waals surface area contributed by atoms with E-state index in [2.05, 4.69) is 15.1 Å². The Morgan fingerprint density at radius 1 is 1.26 bits per heavy atom. The summed E-state index contributed by atoms with van der Waals surface area (Å²) < 4.78 is 13.7. The quantitative estimate of drug-likeness (QED) is 0.643. The molecule has 2 aliphatic rings. The number of hydrogen-bond donors (Lipinski definition) is 0. The highest BCUT2D eigenvalue weighted by Crippen LogP contribution is 2.39. The van der Waals surface area contributed by atoms with Crippen LogP contribution >= 0.6 is 0 Å². The Morgan fingerprint density at radius 3 is 2.87 bits per heavy atom. The van der Waals surface area contributed by atoms with E-state index in [9.17, 15) is 4.79 Å². The molecule has 2 fully saturated rings. The molecule has 0 bridgehead atoms. The van der Waals surface area contributed by atoms with Crippen molar-refractivity contribution in [3.8, 4) is 11.4 Å². The number of carbonyl (C=O) groups excluding carboxylic acids is 1. The minimum absolute atomic E-state index is 0.100. The van der Waals surface area contributed by atoms with Gasteiger partial charge in [0, 0.05) is 57.3 Å². The van der Waals surface area contributed by atoms with Crippen molar-refractivity contribution < 1.29 is 14.1 Å². The normalized spacial score (nSPS) is 20.8. The van der Waals surface area contributed by atoms with Crippen molar-refractivity contribution in [2.75, 3.05) is 19.7 Å². The molecule has 162 valence electrons. The van der Waals surface area contributed by atoms with E-state index in [0.29, 0.717) is 17.6 Å². The van der Waals surface area contributed by atoms with Crippen LogP contribution < -0.4 is 0 Å². The van der Waals surface area contributed by atoms with Crippen LogP contribution in [0.1, 0.15) is 42.1 Å². The zero-order valence-corrected chi connectivity index (χ0v) is 17.7. The standard InChI is InChI=1S/C23H27N5O3/c1-27-10-3-5-19(27)22(29)28-11-7-23(8-12-28)15-17(6-13-30-23)14-20-25-21(26-31-20)18-4-2-9-24-16-18/h2-5,9-10,16-17H,6-8,11-15H2,1H3. The summed E-state index contributed by atoms with van der Waals surface area (Å²) in [6.45, 7) is 2.19. The Balaban J connectivity index is 1.20. The predicted octanol–water partition coefficient (Wildman–Crippen LogP) is 3.11. The van der Waals surface area contributed by atoms with E-state index in [1.165, 1.54) is 0 Å². The van der Waals surface area contributed by atoms with Gasteiger partial charge in [0.15, 0.2) is 0 Å². The lowest BCUT2D eigenvalue weighted by Crippen LogP contribution is -2.51. The molecule has 2 saturated heterocycles. The van der Waals surface area contributed by atoms with E-state index in [4.69, 9.17) is 9.26 Å². The number of amides is 1. The zero-order chi connectivity index (χ0) is 21.3. The third kappa shape index (κ3) is 4.12. The van der Waals surface area contributed by atoms with Crippen molar-refractivity contribution in [2.45, 2.75) is 37.7 Å². The highest BCUT2D eigenvalue weighted by molar-refractivity contribution is 5.92. The van der Waals surface area contributed by atoms with E-state index in [1.807, 2.05) is 47.0 Å². The monoisotopic (exact) mass is 421 g/mol. The molecule has 1 atom stereocenters. The molecular weight excluding hydrogens is 394 g/mol. The third-order valence-corrected chi connectivity index (χ3v) is 6.57. The van der Waals surface area contributed by atoms with Gasteiger partial charge in [0.1, 0.15) is 5.69 Å². The summed E-state index contributed by atoms with van der Waals surface area (Å²) in [7, 11) is 1.91.